The summed E-state index contributed by atoms with van der Waals surface area (Å²) in [7, 11) is 0. The predicted molar refractivity (Wildman–Crippen MR) is 75.4 cm³/mol. The molecule has 0 heterocycles. The molecule has 2 N–H and O–H groups in total. The Hall–Kier alpha value is -1.18. The van der Waals surface area contributed by atoms with Crippen LogP contribution in [0, 0.1) is 0 Å². The third-order valence-corrected chi connectivity index (χ3v) is 2.90. The molecule has 124 valence electrons. The molecular formula is C14H26O7. The minimum absolute atomic E-state index is 0.181. The van der Waals surface area contributed by atoms with E-state index in [0.717, 1.165) is 12.8 Å². The first-order chi connectivity index (χ1) is 9.98. The summed E-state index contributed by atoms with van der Waals surface area (Å²) in [6, 6.07) is 0. The molecule has 0 atom stereocenters. The molecule has 0 aliphatic carbocycles. The highest BCUT2D eigenvalue weighted by molar-refractivity contribution is 5.77. The second-order valence-corrected chi connectivity index (χ2v) is 4.71. The van der Waals surface area contributed by atoms with Gasteiger partial charge in [-0.15, -0.1) is 0 Å². The molecule has 0 amide bonds. The highest BCUT2D eigenvalue weighted by atomic mass is 16.6. The Morgan fingerprint density at radius 1 is 0.905 bits per heavy atom. The fraction of sp³-hybridized carbons (Fsp3) is 0.857. The summed E-state index contributed by atoms with van der Waals surface area (Å²) in [5.41, 5.74) is -1.13. The molecule has 0 bridgehead atoms. The number of aliphatic carboxylic acids is 2. The number of carboxylic acid groups (broad SMARTS) is 2. The van der Waals surface area contributed by atoms with Crippen LogP contribution >= 0.6 is 0 Å². The first-order valence-electron chi connectivity index (χ1n) is 7.23. The van der Waals surface area contributed by atoms with Gasteiger partial charge in [0.1, 0.15) is 6.61 Å². The van der Waals surface area contributed by atoms with E-state index in [1.165, 1.54) is 0 Å². The standard InChI is InChI=1S/C14H26O7/c1-3-5-14(6-4-2,13(17)18)21-10-9-19-7-8-20-11-12(15)16/h3-11H2,1-2H3,(H,15,16)(H,17,18). The van der Waals surface area contributed by atoms with Crippen molar-refractivity contribution in [1.29, 1.82) is 0 Å². The van der Waals surface area contributed by atoms with Crippen LogP contribution in [-0.4, -0.2) is 60.8 Å². The number of hydrogen-bond acceptors (Lipinski definition) is 5. The van der Waals surface area contributed by atoms with Crippen LogP contribution in [0.25, 0.3) is 0 Å². The lowest BCUT2D eigenvalue weighted by Gasteiger charge is -2.29. The van der Waals surface area contributed by atoms with Crippen molar-refractivity contribution in [2.45, 2.75) is 45.1 Å². The van der Waals surface area contributed by atoms with Gasteiger partial charge in [-0.2, -0.15) is 0 Å². The summed E-state index contributed by atoms with van der Waals surface area (Å²) >= 11 is 0. The average molecular weight is 306 g/mol. The molecule has 0 aromatic carbocycles. The summed E-state index contributed by atoms with van der Waals surface area (Å²) in [6.07, 6.45) is 2.40. The minimum atomic E-state index is -1.13. The van der Waals surface area contributed by atoms with Crippen LogP contribution < -0.4 is 0 Å². The molecule has 0 aliphatic heterocycles. The second-order valence-electron chi connectivity index (χ2n) is 4.71. The van der Waals surface area contributed by atoms with Gasteiger partial charge in [-0.1, -0.05) is 26.7 Å². The molecule has 0 fully saturated rings. The van der Waals surface area contributed by atoms with E-state index in [1.54, 1.807) is 0 Å². The monoisotopic (exact) mass is 306 g/mol. The Balaban J connectivity index is 3.92. The summed E-state index contributed by atoms with van der Waals surface area (Å²) in [5, 5.41) is 17.7. The first kappa shape index (κ1) is 19.8. The molecular weight excluding hydrogens is 280 g/mol. The third kappa shape index (κ3) is 8.64. The average Bonchev–Trinajstić information content (AvgIpc) is 2.41. The van der Waals surface area contributed by atoms with Gasteiger partial charge in [0.25, 0.3) is 0 Å². The minimum Gasteiger partial charge on any atom is -0.480 e. The maximum atomic E-state index is 11.4. The van der Waals surface area contributed by atoms with E-state index >= 15 is 0 Å². The van der Waals surface area contributed by atoms with E-state index < -0.39 is 17.5 Å². The first-order valence-corrected chi connectivity index (χ1v) is 7.23. The van der Waals surface area contributed by atoms with Crippen molar-refractivity contribution in [2.75, 3.05) is 33.0 Å². The zero-order chi connectivity index (χ0) is 16.1. The predicted octanol–water partition coefficient (Wildman–Crippen LogP) is 1.54. The van der Waals surface area contributed by atoms with E-state index in [4.69, 9.17) is 19.3 Å². The molecule has 21 heavy (non-hydrogen) atoms. The van der Waals surface area contributed by atoms with Gasteiger partial charge in [0.15, 0.2) is 5.60 Å². The van der Waals surface area contributed by atoms with Gasteiger partial charge in [0.05, 0.1) is 26.4 Å². The third-order valence-electron chi connectivity index (χ3n) is 2.90. The molecule has 7 heteroatoms. The summed E-state index contributed by atoms with van der Waals surface area (Å²) in [5.74, 6) is -1.96. The van der Waals surface area contributed by atoms with Crippen LogP contribution in [0.3, 0.4) is 0 Å². The highest BCUT2D eigenvalue weighted by Gasteiger charge is 2.37. The van der Waals surface area contributed by atoms with E-state index in [2.05, 4.69) is 0 Å². The maximum absolute atomic E-state index is 11.4. The van der Waals surface area contributed by atoms with Gasteiger partial charge in [-0.05, 0) is 12.8 Å². The van der Waals surface area contributed by atoms with Gasteiger partial charge in [0, 0.05) is 0 Å². The molecule has 0 saturated carbocycles. The zero-order valence-corrected chi connectivity index (χ0v) is 12.8. The van der Waals surface area contributed by atoms with Crippen LogP contribution in [0.1, 0.15) is 39.5 Å². The summed E-state index contributed by atoms with van der Waals surface area (Å²) in [6.45, 7) is 4.36. The van der Waals surface area contributed by atoms with Gasteiger partial charge >= 0.3 is 11.9 Å². The lowest BCUT2D eigenvalue weighted by molar-refractivity contribution is -0.170. The van der Waals surface area contributed by atoms with E-state index in [9.17, 15) is 14.7 Å². The fourth-order valence-electron chi connectivity index (χ4n) is 2.03. The van der Waals surface area contributed by atoms with E-state index in [1.807, 2.05) is 13.8 Å². The summed E-state index contributed by atoms with van der Waals surface area (Å²) in [4.78, 5) is 21.6. The Kier molecular flexibility index (Phi) is 10.8. The quantitative estimate of drug-likeness (QED) is 0.469. The lowest BCUT2D eigenvalue weighted by atomic mass is 9.92. The lowest BCUT2D eigenvalue weighted by Crippen LogP contribution is -2.42. The number of carbonyl (C=O) groups is 2. The smallest absolute Gasteiger partial charge is 0.335 e. The fourth-order valence-corrected chi connectivity index (χ4v) is 2.03. The van der Waals surface area contributed by atoms with Crippen LogP contribution in [0.2, 0.25) is 0 Å². The van der Waals surface area contributed by atoms with Crippen molar-refractivity contribution in [3.8, 4) is 0 Å². The van der Waals surface area contributed by atoms with E-state index in [-0.39, 0.29) is 33.0 Å². The Morgan fingerprint density at radius 3 is 1.90 bits per heavy atom. The molecule has 7 nitrogen and oxygen atoms in total. The molecule has 0 aliphatic rings. The van der Waals surface area contributed by atoms with Crippen molar-refractivity contribution in [3.05, 3.63) is 0 Å². The molecule has 0 aromatic heterocycles. The molecule has 0 saturated heterocycles. The van der Waals surface area contributed by atoms with Crippen LogP contribution in [-0.2, 0) is 23.8 Å². The van der Waals surface area contributed by atoms with Gasteiger partial charge in [-0.3, -0.25) is 0 Å². The Labute approximate surface area is 125 Å². The molecule has 0 rings (SSSR count). The van der Waals surface area contributed by atoms with Crippen molar-refractivity contribution in [3.63, 3.8) is 0 Å². The molecule has 0 radical (unpaired) electrons. The highest BCUT2D eigenvalue weighted by Crippen LogP contribution is 2.24. The number of carboxylic acids is 2. The van der Waals surface area contributed by atoms with Gasteiger partial charge < -0.3 is 24.4 Å². The van der Waals surface area contributed by atoms with Crippen molar-refractivity contribution >= 4 is 11.9 Å². The normalized spacial score (nSPS) is 11.5. The number of ether oxygens (including phenoxy) is 3. The van der Waals surface area contributed by atoms with Crippen molar-refractivity contribution in [2.24, 2.45) is 0 Å². The number of rotatable bonds is 14. The van der Waals surface area contributed by atoms with Crippen LogP contribution in [0.5, 0.6) is 0 Å². The number of hydrogen-bond donors (Lipinski definition) is 2. The largest absolute Gasteiger partial charge is 0.480 e. The maximum Gasteiger partial charge on any atom is 0.335 e. The topological polar surface area (TPSA) is 102 Å². The van der Waals surface area contributed by atoms with Crippen molar-refractivity contribution in [1.82, 2.24) is 0 Å². The van der Waals surface area contributed by atoms with E-state index in [0.29, 0.717) is 12.8 Å². The SMILES string of the molecule is CCCC(CCC)(OCCOCCOCC(=O)O)C(=O)O. The Bertz CT molecular complexity index is 298. The molecule has 0 aromatic rings. The van der Waals surface area contributed by atoms with Gasteiger partial charge in [-0.25, -0.2) is 9.59 Å². The summed E-state index contributed by atoms with van der Waals surface area (Å²) < 4.78 is 15.6. The van der Waals surface area contributed by atoms with Gasteiger partial charge in [0.2, 0.25) is 0 Å². The molecule has 0 spiro atoms. The molecule has 0 unspecified atom stereocenters. The van der Waals surface area contributed by atoms with Crippen molar-refractivity contribution < 1.29 is 34.0 Å². The second kappa shape index (κ2) is 11.5. The van der Waals surface area contributed by atoms with Crippen LogP contribution in [0.15, 0.2) is 0 Å². The Morgan fingerprint density at radius 2 is 1.43 bits per heavy atom. The zero-order valence-electron chi connectivity index (χ0n) is 12.8. The van der Waals surface area contributed by atoms with Crippen LogP contribution in [0.4, 0.5) is 0 Å².